The summed E-state index contributed by atoms with van der Waals surface area (Å²) in [5.41, 5.74) is 6.08. The van der Waals surface area contributed by atoms with Gasteiger partial charge in [-0.05, 0) is 91.3 Å². The molecule has 1 fully saturated rings. The average Bonchev–Trinajstić information content (AvgIpc) is 3.74. The monoisotopic (exact) mass is 782 g/mol. The number of rotatable bonds is 3. The van der Waals surface area contributed by atoms with Crippen molar-refractivity contribution in [1.82, 2.24) is 9.97 Å². The molecule has 1 N–H and O–H groups in total. The molecule has 4 aromatic carbocycles. The number of hydrogen-bond acceptors (Lipinski definition) is 4. The van der Waals surface area contributed by atoms with Gasteiger partial charge in [-0.1, -0.05) is 85.0 Å². The van der Waals surface area contributed by atoms with Gasteiger partial charge >= 0.3 is 5.97 Å². The number of carbonyl (C=O) groups is 1. The van der Waals surface area contributed by atoms with Crippen molar-refractivity contribution in [2.75, 3.05) is 0 Å². The summed E-state index contributed by atoms with van der Waals surface area (Å²) in [6.07, 6.45) is 14.0. The second kappa shape index (κ2) is 12.3. The van der Waals surface area contributed by atoms with Crippen molar-refractivity contribution in [2.24, 2.45) is 0 Å². The Morgan fingerprint density at radius 1 is 0.889 bits per heavy atom. The summed E-state index contributed by atoms with van der Waals surface area (Å²) in [7, 11) is 0. The summed E-state index contributed by atoms with van der Waals surface area (Å²) < 4.78 is 2.66. The Labute approximate surface area is 278 Å². The van der Waals surface area contributed by atoms with Crippen LogP contribution in [-0.2, 0) is 26.5 Å². The van der Waals surface area contributed by atoms with E-state index in [1.165, 1.54) is 73.1 Å². The molecule has 4 nitrogen and oxygen atoms in total. The Kier molecular flexibility index (Phi) is 8.05. The normalized spacial score (nSPS) is 14.0. The van der Waals surface area contributed by atoms with E-state index in [-0.39, 0.29) is 25.8 Å². The molecule has 0 bridgehead atoms. The Hall–Kier alpha value is -4.22. The molecule has 223 valence electrons. The van der Waals surface area contributed by atoms with Gasteiger partial charge < -0.3 is 10.1 Å². The first-order valence-corrected chi connectivity index (χ1v) is 16.0. The number of aromatic carboxylic acids is 1. The van der Waals surface area contributed by atoms with Gasteiger partial charge in [0.25, 0.3) is 0 Å². The predicted molar refractivity (Wildman–Crippen MR) is 182 cm³/mol. The minimum atomic E-state index is -0.940. The van der Waals surface area contributed by atoms with Crippen molar-refractivity contribution in [1.29, 1.82) is 0 Å². The molecule has 0 unspecified atom stereocenters. The van der Waals surface area contributed by atoms with E-state index in [1.54, 1.807) is 12.3 Å². The van der Waals surface area contributed by atoms with E-state index < -0.39 is 5.97 Å². The quantitative estimate of drug-likeness (QED) is 0.181. The van der Waals surface area contributed by atoms with Gasteiger partial charge in [-0.3, -0.25) is 0 Å². The third-order valence-electron chi connectivity index (χ3n) is 9.01. The zero-order chi connectivity index (χ0) is 29.6. The summed E-state index contributed by atoms with van der Waals surface area (Å²) in [4.78, 5) is 19.2. The molecule has 0 atom stereocenters. The molecule has 45 heavy (non-hydrogen) atoms. The maximum absolute atomic E-state index is 10.7. The summed E-state index contributed by atoms with van der Waals surface area (Å²) in [6, 6.07) is 31.1. The standard InChI is InChI=1S/C28H16NS.C11H13NO2.Ir/c1-2-6-21-16-29-25(15-18(21)5-1)19-11-12-26-23(13-19)24-14-20-9-3-7-17-8-4-10-22(27(17)20)28(24)30-26;13-11(14)10-7-9(5-6-12-10)8-3-1-2-4-8;/h1-8,10,12-16H,9H2;5-8H,1-4H2,(H,13,14);/q-1;;. The summed E-state index contributed by atoms with van der Waals surface area (Å²) >= 11 is 1.87. The first-order valence-electron chi connectivity index (χ1n) is 15.2. The Morgan fingerprint density at radius 2 is 1.73 bits per heavy atom. The fraction of sp³-hybridized carbons (Fsp3) is 0.154. The van der Waals surface area contributed by atoms with Gasteiger partial charge in [0.2, 0.25) is 0 Å². The van der Waals surface area contributed by atoms with Crippen LogP contribution in [0.1, 0.15) is 58.8 Å². The van der Waals surface area contributed by atoms with E-state index in [0.717, 1.165) is 28.6 Å². The summed E-state index contributed by atoms with van der Waals surface area (Å²) in [5, 5.41) is 16.6. The van der Waals surface area contributed by atoms with Crippen LogP contribution in [0.25, 0.3) is 59.1 Å². The van der Waals surface area contributed by atoms with E-state index >= 15 is 0 Å². The molecule has 1 radical (unpaired) electrons. The van der Waals surface area contributed by atoms with E-state index in [2.05, 4.69) is 89.9 Å². The zero-order valence-electron chi connectivity index (χ0n) is 24.4. The largest absolute Gasteiger partial charge is 0.477 e. The molecule has 6 heteroatoms. The van der Waals surface area contributed by atoms with Gasteiger partial charge in [0, 0.05) is 37.2 Å². The number of carboxylic acid groups (broad SMARTS) is 1. The van der Waals surface area contributed by atoms with Gasteiger partial charge in [-0.15, -0.1) is 23.8 Å². The van der Waals surface area contributed by atoms with E-state index in [4.69, 9.17) is 10.1 Å². The van der Waals surface area contributed by atoms with Gasteiger partial charge in [-0.25, -0.2) is 9.78 Å². The van der Waals surface area contributed by atoms with Crippen LogP contribution in [0, 0.1) is 6.07 Å². The Bertz CT molecular complexity index is 2270. The van der Waals surface area contributed by atoms with Crippen LogP contribution < -0.4 is 0 Å². The second-order valence-corrected chi connectivity index (χ2v) is 12.7. The zero-order valence-corrected chi connectivity index (χ0v) is 27.6. The van der Waals surface area contributed by atoms with E-state index in [9.17, 15) is 4.79 Å². The van der Waals surface area contributed by atoms with Crippen LogP contribution in [-0.4, -0.2) is 21.0 Å². The maximum Gasteiger partial charge on any atom is 0.354 e. The molecule has 2 aliphatic rings. The Balaban J connectivity index is 0.000000184. The first kappa shape index (κ1) is 29.5. The van der Waals surface area contributed by atoms with Crippen molar-refractivity contribution in [2.45, 2.75) is 38.0 Å². The average molecular weight is 782 g/mol. The number of nitrogens with zero attached hydrogens (tertiary/aromatic N) is 2. The number of fused-ring (bicyclic) bond motifs is 5. The van der Waals surface area contributed by atoms with Crippen molar-refractivity contribution >= 4 is 65.1 Å². The molecule has 0 spiro atoms. The molecule has 9 rings (SSSR count). The van der Waals surface area contributed by atoms with Gasteiger partial charge in [0.15, 0.2) is 0 Å². The third-order valence-corrected chi connectivity index (χ3v) is 10.2. The van der Waals surface area contributed by atoms with Crippen LogP contribution in [0.2, 0.25) is 0 Å². The first-order chi connectivity index (χ1) is 21.6. The number of hydrogen-bond donors (Lipinski definition) is 1. The van der Waals surface area contributed by atoms with Crippen molar-refractivity contribution in [3.63, 3.8) is 0 Å². The number of aromatic nitrogens is 2. The van der Waals surface area contributed by atoms with E-state index in [1.807, 2.05) is 23.6 Å². The molecule has 0 saturated heterocycles. The Morgan fingerprint density at radius 3 is 2.58 bits per heavy atom. The number of allylic oxidation sites excluding steroid dienone is 1. The molecule has 7 aromatic rings. The van der Waals surface area contributed by atoms with Gasteiger partial charge in [-0.2, -0.15) is 11.3 Å². The molecule has 1 saturated carbocycles. The van der Waals surface area contributed by atoms with Crippen molar-refractivity contribution < 1.29 is 30.0 Å². The smallest absolute Gasteiger partial charge is 0.354 e. The SMILES string of the molecule is O=C(O)c1cc(C2CCCC2)ccn1.[Ir].[c-]1cc2sc3c4cccc5c4c(cc3c2cc1-c1cc2ccccc2cn1)CC=C5. The molecule has 3 aromatic heterocycles. The van der Waals surface area contributed by atoms with Gasteiger partial charge in [0.05, 0.1) is 0 Å². The predicted octanol–water partition coefficient (Wildman–Crippen LogP) is 10.2. The fourth-order valence-corrected chi connectivity index (χ4v) is 8.01. The minimum Gasteiger partial charge on any atom is -0.477 e. The number of thiophene rings is 1. The third kappa shape index (κ3) is 5.48. The second-order valence-electron chi connectivity index (χ2n) is 11.7. The van der Waals surface area contributed by atoms with Crippen LogP contribution in [0.3, 0.4) is 0 Å². The molecular formula is C39H29IrN2O2S-. The van der Waals surface area contributed by atoms with Crippen LogP contribution in [0.4, 0.5) is 0 Å². The molecule has 3 heterocycles. The molecule has 2 aliphatic carbocycles. The summed E-state index contributed by atoms with van der Waals surface area (Å²) in [5.74, 6) is -0.388. The van der Waals surface area contributed by atoms with Crippen LogP contribution in [0.5, 0.6) is 0 Å². The molecule has 0 amide bonds. The van der Waals surface area contributed by atoms with Crippen LogP contribution >= 0.6 is 11.3 Å². The number of pyridine rings is 2. The fourth-order valence-electron chi connectivity index (χ4n) is 6.84. The summed E-state index contributed by atoms with van der Waals surface area (Å²) in [6.45, 7) is 0. The molecule has 0 aliphatic heterocycles. The number of benzene rings is 4. The minimum absolute atomic E-state index is 0. The van der Waals surface area contributed by atoms with Crippen LogP contribution in [0.15, 0.2) is 97.3 Å². The van der Waals surface area contributed by atoms with Crippen molar-refractivity contribution in [3.05, 3.63) is 126 Å². The van der Waals surface area contributed by atoms with E-state index in [0.29, 0.717) is 5.92 Å². The molecular weight excluding hydrogens is 753 g/mol. The van der Waals surface area contributed by atoms with Gasteiger partial charge in [0.1, 0.15) is 5.69 Å². The topological polar surface area (TPSA) is 63.1 Å². The number of carboxylic acids is 1. The van der Waals surface area contributed by atoms with Crippen molar-refractivity contribution in [3.8, 4) is 11.3 Å². The maximum atomic E-state index is 10.7.